The molecule has 0 amide bonds. The predicted octanol–water partition coefficient (Wildman–Crippen LogP) is 2.59. The van der Waals surface area contributed by atoms with Crippen LogP contribution in [0.2, 0.25) is 5.02 Å². The van der Waals surface area contributed by atoms with Gasteiger partial charge in [0.15, 0.2) is 5.82 Å². The van der Waals surface area contributed by atoms with Gasteiger partial charge >= 0.3 is 0 Å². The number of aryl methyl sites for hydroxylation is 1. The monoisotopic (exact) mass is 268 g/mol. The van der Waals surface area contributed by atoms with Crippen LogP contribution in [0.4, 0.5) is 10.2 Å². The molecule has 4 N–H and O–H groups in total. The molecule has 96 valence electrons. The number of imidazole rings is 1. The maximum absolute atomic E-state index is 13.8. The zero-order valence-corrected chi connectivity index (χ0v) is 10.7. The summed E-state index contributed by atoms with van der Waals surface area (Å²) in [6.07, 6.45) is 1.58. The Bertz CT molecular complexity index is 580. The lowest BCUT2D eigenvalue weighted by molar-refractivity contribution is 0.631. The van der Waals surface area contributed by atoms with Crippen molar-refractivity contribution in [2.45, 2.75) is 19.8 Å². The molecule has 0 saturated heterocycles. The highest BCUT2D eigenvalue weighted by molar-refractivity contribution is 6.30. The van der Waals surface area contributed by atoms with Crippen molar-refractivity contribution >= 4 is 17.4 Å². The number of nitrogens with zero attached hydrogens (tertiary/aromatic N) is 2. The molecule has 0 bridgehead atoms. The molecule has 1 heterocycles. The highest BCUT2D eigenvalue weighted by Crippen LogP contribution is 2.29. The van der Waals surface area contributed by atoms with Gasteiger partial charge in [-0.15, -0.1) is 0 Å². The number of nitrogens with two attached hydrogens (primary N) is 2. The van der Waals surface area contributed by atoms with Crippen molar-refractivity contribution in [3.63, 3.8) is 0 Å². The molecule has 0 fully saturated rings. The summed E-state index contributed by atoms with van der Waals surface area (Å²) < 4.78 is 15.1. The Balaban J connectivity index is 2.53. The molecule has 0 unspecified atom stereocenters. The van der Waals surface area contributed by atoms with Crippen LogP contribution in [0.15, 0.2) is 18.2 Å². The molecule has 18 heavy (non-hydrogen) atoms. The highest BCUT2D eigenvalue weighted by atomic mass is 35.5. The van der Waals surface area contributed by atoms with Crippen LogP contribution in [-0.4, -0.2) is 9.66 Å². The predicted molar refractivity (Wildman–Crippen MR) is 71.2 cm³/mol. The van der Waals surface area contributed by atoms with E-state index in [0.717, 1.165) is 6.42 Å². The molecular weight excluding hydrogens is 255 g/mol. The average molecular weight is 269 g/mol. The van der Waals surface area contributed by atoms with Crippen molar-refractivity contribution in [1.82, 2.24) is 9.66 Å². The topological polar surface area (TPSA) is 69.9 Å². The molecule has 0 aliphatic rings. The molecule has 6 heteroatoms. The number of halogens is 2. The van der Waals surface area contributed by atoms with E-state index in [2.05, 4.69) is 4.98 Å². The quantitative estimate of drug-likeness (QED) is 0.841. The first-order chi connectivity index (χ1) is 8.54. The van der Waals surface area contributed by atoms with E-state index in [4.69, 9.17) is 23.2 Å². The minimum atomic E-state index is -0.463. The minimum Gasteiger partial charge on any atom is -0.382 e. The number of aromatic nitrogens is 2. The summed E-state index contributed by atoms with van der Waals surface area (Å²) in [6, 6.07) is 4.37. The number of rotatable bonds is 3. The summed E-state index contributed by atoms with van der Waals surface area (Å²) in [4.78, 5) is 4.29. The van der Waals surface area contributed by atoms with Gasteiger partial charge in [-0.3, -0.25) is 0 Å². The molecule has 0 radical (unpaired) electrons. The lowest BCUT2D eigenvalue weighted by Crippen LogP contribution is -2.15. The first-order valence-electron chi connectivity index (χ1n) is 5.62. The Hall–Kier alpha value is -1.75. The van der Waals surface area contributed by atoms with Crippen LogP contribution in [0.25, 0.3) is 11.3 Å². The molecule has 1 aromatic heterocycles. The van der Waals surface area contributed by atoms with Gasteiger partial charge in [-0.2, -0.15) is 0 Å². The van der Waals surface area contributed by atoms with E-state index in [1.807, 2.05) is 6.92 Å². The van der Waals surface area contributed by atoms with Crippen LogP contribution in [0.3, 0.4) is 0 Å². The Morgan fingerprint density at radius 3 is 2.78 bits per heavy atom. The Morgan fingerprint density at radius 2 is 2.17 bits per heavy atom. The van der Waals surface area contributed by atoms with E-state index in [9.17, 15) is 4.39 Å². The molecule has 0 saturated carbocycles. The smallest absolute Gasteiger partial charge is 0.150 e. The van der Waals surface area contributed by atoms with E-state index in [1.54, 1.807) is 12.1 Å². The van der Waals surface area contributed by atoms with Crippen molar-refractivity contribution < 1.29 is 4.39 Å². The van der Waals surface area contributed by atoms with Gasteiger partial charge in [0.1, 0.15) is 17.3 Å². The second-order valence-electron chi connectivity index (χ2n) is 4.01. The van der Waals surface area contributed by atoms with Gasteiger partial charge in [0.05, 0.1) is 0 Å². The van der Waals surface area contributed by atoms with Crippen molar-refractivity contribution in [1.29, 1.82) is 0 Å². The third-order valence-corrected chi connectivity index (χ3v) is 2.92. The normalized spacial score (nSPS) is 10.8. The first kappa shape index (κ1) is 12.7. The van der Waals surface area contributed by atoms with Gasteiger partial charge in [-0.05, 0) is 24.6 Å². The number of nitrogen functional groups attached to an aromatic ring is 2. The molecule has 4 nitrogen and oxygen atoms in total. The summed E-state index contributed by atoms with van der Waals surface area (Å²) in [5, 5.41) is 0.329. The molecule has 1 aromatic carbocycles. The molecular formula is C12H14ClFN4. The first-order valence-corrected chi connectivity index (χ1v) is 6.00. The van der Waals surface area contributed by atoms with E-state index in [0.29, 0.717) is 28.5 Å². The number of benzene rings is 1. The van der Waals surface area contributed by atoms with Crippen LogP contribution in [-0.2, 0) is 6.42 Å². The van der Waals surface area contributed by atoms with Crippen molar-refractivity contribution in [2.24, 2.45) is 0 Å². The Morgan fingerprint density at radius 1 is 1.44 bits per heavy atom. The second-order valence-corrected chi connectivity index (χ2v) is 4.44. The molecule has 2 rings (SSSR count). The van der Waals surface area contributed by atoms with Crippen LogP contribution in [0.1, 0.15) is 19.2 Å². The zero-order valence-electron chi connectivity index (χ0n) is 9.95. The maximum Gasteiger partial charge on any atom is 0.150 e. The number of hydrogen-bond acceptors (Lipinski definition) is 3. The number of anilines is 1. The van der Waals surface area contributed by atoms with Crippen molar-refractivity contribution in [2.75, 3.05) is 11.6 Å². The second kappa shape index (κ2) is 4.86. The third-order valence-electron chi connectivity index (χ3n) is 2.68. The summed E-state index contributed by atoms with van der Waals surface area (Å²) in [5.41, 5.74) is 6.51. The van der Waals surface area contributed by atoms with Crippen molar-refractivity contribution in [3.8, 4) is 11.3 Å². The fraction of sp³-hybridized carbons (Fsp3) is 0.250. The summed E-state index contributed by atoms with van der Waals surface area (Å²) in [6.45, 7) is 2.01. The SMILES string of the molecule is CCCc1nc(-c2ccc(Cl)cc2F)c(N)n1N. The van der Waals surface area contributed by atoms with E-state index < -0.39 is 5.82 Å². The van der Waals surface area contributed by atoms with Crippen LogP contribution >= 0.6 is 11.6 Å². The third kappa shape index (κ3) is 2.13. The lowest BCUT2D eigenvalue weighted by atomic mass is 10.1. The fourth-order valence-electron chi connectivity index (χ4n) is 1.77. The van der Waals surface area contributed by atoms with Gasteiger partial charge in [0.25, 0.3) is 0 Å². The lowest BCUT2D eigenvalue weighted by Gasteiger charge is -2.02. The van der Waals surface area contributed by atoms with Gasteiger partial charge in [-0.25, -0.2) is 14.1 Å². The average Bonchev–Trinajstić information content (AvgIpc) is 2.58. The Kier molecular flexibility index (Phi) is 3.43. The van der Waals surface area contributed by atoms with Gasteiger partial charge < -0.3 is 11.6 Å². The van der Waals surface area contributed by atoms with Gasteiger partial charge in [-0.1, -0.05) is 18.5 Å². The summed E-state index contributed by atoms with van der Waals surface area (Å²) >= 11 is 5.71. The van der Waals surface area contributed by atoms with E-state index in [1.165, 1.54) is 10.7 Å². The van der Waals surface area contributed by atoms with E-state index in [-0.39, 0.29) is 5.82 Å². The standard InChI is InChI=1S/C12H14ClFN4/c1-2-3-10-17-11(12(15)18(10)16)8-5-4-7(13)6-9(8)14/h4-6H,2-3,15-16H2,1H3. The molecule has 0 atom stereocenters. The highest BCUT2D eigenvalue weighted by Gasteiger charge is 2.17. The van der Waals surface area contributed by atoms with Crippen LogP contribution in [0, 0.1) is 5.82 Å². The van der Waals surface area contributed by atoms with Gasteiger partial charge in [0, 0.05) is 17.0 Å². The summed E-state index contributed by atoms with van der Waals surface area (Å²) in [7, 11) is 0. The number of hydrogen-bond donors (Lipinski definition) is 2. The fourth-order valence-corrected chi connectivity index (χ4v) is 1.93. The molecule has 0 aliphatic heterocycles. The minimum absolute atomic E-state index is 0.250. The van der Waals surface area contributed by atoms with Crippen LogP contribution < -0.4 is 11.6 Å². The molecule has 0 spiro atoms. The molecule has 2 aromatic rings. The summed E-state index contributed by atoms with van der Waals surface area (Å²) in [5.74, 6) is 6.21. The van der Waals surface area contributed by atoms with Crippen molar-refractivity contribution in [3.05, 3.63) is 34.9 Å². The Labute approximate surface area is 109 Å². The largest absolute Gasteiger partial charge is 0.382 e. The zero-order chi connectivity index (χ0) is 13.3. The van der Waals surface area contributed by atoms with E-state index >= 15 is 0 Å². The van der Waals surface area contributed by atoms with Gasteiger partial charge in [0.2, 0.25) is 0 Å². The molecule has 0 aliphatic carbocycles. The van der Waals surface area contributed by atoms with Crippen LogP contribution in [0.5, 0.6) is 0 Å². The maximum atomic E-state index is 13.8.